The second-order valence-electron chi connectivity index (χ2n) is 6.15. The Kier molecular flexibility index (Phi) is 6.30. The highest BCUT2D eigenvalue weighted by atomic mass is 32.2. The highest BCUT2D eigenvalue weighted by Crippen LogP contribution is 2.26. The number of aromatic nitrogens is 2. The van der Waals surface area contributed by atoms with E-state index in [9.17, 15) is 12.8 Å². The first kappa shape index (κ1) is 20.3. The number of halogens is 1. The van der Waals surface area contributed by atoms with Crippen molar-refractivity contribution < 1.29 is 27.0 Å². The van der Waals surface area contributed by atoms with Crippen LogP contribution in [0, 0.1) is 5.82 Å². The van der Waals surface area contributed by atoms with Gasteiger partial charge in [-0.2, -0.15) is 9.29 Å². The lowest BCUT2D eigenvalue weighted by atomic mass is 10.1. The van der Waals surface area contributed by atoms with E-state index in [1.165, 1.54) is 29.7 Å². The van der Waals surface area contributed by atoms with Crippen LogP contribution in [0.4, 0.5) is 4.39 Å². The van der Waals surface area contributed by atoms with Crippen molar-refractivity contribution in [1.29, 1.82) is 0 Å². The third-order valence-electron chi connectivity index (χ3n) is 4.26. The summed E-state index contributed by atoms with van der Waals surface area (Å²) in [5, 5.41) is 0. The van der Waals surface area contributed by atoms with Gasteiger partial charge in [-0.05, 0) is 38.0 Å². The summed E-state index contributed by atoms with van der Waals surface area (Å²) < 4.78 is 57.2. The molecule has 1 unspecified atom stereocenters. The molecule has 2 aromatic rings. The van der Waals surface area contributed by atoms with E-state index in [1.54, 1.807) is 13.0 Å². The molecule has 0 spiro atoms. The van der Waals surface area contributed by atoms with Crippen LogP contribution in [0.2, 0.25) is 0 Å². The topological polar surface area (TPSA) is 90.9 Å². The number of nitrogens with zero attached hydrogens (tertiary/aromatic N) is 3. The van der Waals surface area contributed by atoms with E-state index in [0.29, 0.717) is 31.9 Å². The summed E-state index contributed by atoms with van der Waals surface area (Å²) in [7, 11) is -2.41. The van der Waals surface area contributed by atoms with Crippen molar-refractivity contribution >= 4 is 10.0 Å². The SMILES string of the molecule is CCOc1ccc(S(=O)(=O)N2CCCC(Oc3ccnc(OC)n3)C2)cc1F. The van der Waals surface area contributed by atoms with Crippen molar-refractivity contribution in [2.24, 2.45) is 0 Å². The Hall–Kier alpha value is -2.46. The fourth-order valence-electron chi connectivity index (χ4n) is 2.94. The smallest absolute Gasteiger partial charge is 0.319 e. The maximum Gasteiger partial charge on any atom is 0.319 e. The van der Waals surface area contributed by atoms with Gasteiger partial charge in [0.15, 0.2) is 11.6 Å². The Morgan fingerprint density at radius 3 is 2.86 bits per heavy atom. The van der Waals surface area contributed by atoms with Gasteiger partial charge in [0.1, 0.15) is 6.10 Å². The second kappa shape index (κ2) is 8.70. The van der Waals surface area contributed by atoms with E-state index in [2.05, 4.69) is 9.97 Å². The van der Waals surface area contributed by atoms with E-state index in [0.717, 1.165) is 6.07 Å². The molecule has 1 fully saturated rings. The van der Waals surface area contributed by atoms with E-state index < -0.39 is 15.8 Å². The van der Waals surface area contributed by atoms with Crippen molar-refractivity contribution in [3.05, 3.63) is 36.3 Å². The van der Waals surface area contributed by atoms with Crippen LogP contribution in [0.15, 0.2) is 35.4 Å². The minimum absolute atomic E-state index is 0.0269. The minimum Gasteiger partial charge on any atom is -0.491 e. The zero-order chi connectivity index (χ0) is 20.1. The zero-order valence-corrected chi connectivity index (χ0v) is 16.5. The average molecular weight is 411 g/mol. The number of benzene rings is 1. The van der Waals surface area contributed by atoms with Gasteiger partial charge in [-0.15, -0.1) is 0 Å². The summed E-state index contributed by atoms with van der Waals surface area (Å²) in [6, 6.07) is 5.42. The standard InChI is InChI=1S/C18H22FN3O5S/c1-3-26-16-7-6-14(11-15(16)19)28(23,24)22-10-4-5-13(12-22)27-17-8-9-20-18(21-17)25-2/h6-9,11,13H,3-5,10,12H2,1-2H3. The predicted octanol–water partition coefficient (Wildman–Crippen LogP) is 2.26. The van der Waals surface area contributed by atoms with E-state index in [1.807, 2.05) is 0 Å². The van der Waals surface area contributed by atoms with Gasteiger partial charge in [0.2, 0.25) is 15.9 Å². The maximum atomic E-state index is 14.1. The number of hydrogen-bond acceptors (Lipinski definition) is 7. The number of hydrogen-bond donors (Lipinski definition) is 0. The largest absolute Gasteiger partial charge is 0.491 e. The van der Waals surface area contributed by atoms with E-state index >= 15 is 0 Å². The molecule has 1 saturated heterocycles. The average Bonchev–Trinajstić information content (AvgIpc) is 2.70. The molecule has 8 nitrogen and oxygen atoms in total. The molecule has 1 aliphatic heterocycles. The molecule has 0 amide bonds. The molecule has 0 saturated carbocycles. The monoisotopic (exact) mass is 411 g/mol. The van der Waals surface area contributed by atoms with Gasteiger partial charge in [-0.25, -0.2) is 17.8 Å². The highest BCUT2D eigenvalue weighted by Gasteiger charge is 2.32. The van der Waals surface area contributed by atoms with Crippen LogP contribution >= 0.6 is 0 Å². The number of ether oxygens (including phenoxy) is 3. The highest BCUT2D eigenvalue weighted by molar-refractivity contribution is 7.89. The summed E-state index contributed by atoms with van der Waals surface area (Å²) in [6.45, 7) is 2.50. The van der Waals surface area contributed by atoms with Crippen LogP contribution in [0.1, 0.15) is 19.8 Å². The summed E-state index contributed by atoms with van der Waals surface area (Å²) in [4.78, 5) is 7.88. The van der Waals surface area contributed by atoms with Crippen molar-refractivity contribution in [3.8, 4) is 17.6 Å². The molecular weight excluding hydrogens is 389 g/mol. The number of sulfonamides is 1. The van der Waals surface area contributed by atoms with Gasteiger partial charge < -0.3 is 14.2 Å². The van der Waals surface area contributed by atoms with Gasteiger partial charge in [0.25, 0.3) is 0 Å². The van der Waals surface area contributed by atoms with Crippen LogP contribution in [-0.2, 0) is 10.0 Å². The molecular formula is C18H22FN3O5S. The van der Waals surface area contributed by atoms with Crippen LogP contribution in [0.25, 0.3) is 0 Å². The lowest BCUT2D eigenvalue weighted by Gasteiger charge is -2.31. The van der Waals surface area contributed by atoms with Gasteiger partial charge in [0, 0.05) is 18.8 Å². The third-order valence-corrected chi connectivity index (χ3v) is 6.12. The molecule has 0 N–H and O–H groups in total. The van der Waals surface area contributed by atoms with E-state index in [-0.39, 0.29) is 29.3 Å². The number of methoxy groups -OCH3 is 1. The van der Waals surface area contributed by atoms with Crippen LogP contribution in [0.3, 0.4) is 0 Å². The lowest BCUT2D eigenvalue weighted by molar-refractivity contribution is 0.123. The third kappa shape index (κ3) is 4.50. The van der Waals surface area contributed by atoms with Crippen molar-refractivity contribution in [2.45, 2.75) is 30.8 Å². The van der Waals surface area contributed by atoms with Crippen LogP contribution < -0.4 is 14.2 Å². The summed E-state index contributed by atoms with van der Waals surface area (Å²) >= 11 is 0. The maximum absolute atomic E-state index is 14.1. The molecule has 2 heterocycles. The molecule has 1 aliphatic rings. The molecule has 0 bridgehead atoms. The Labute approximate surface area is 163 Å². The van der Waals surface area contributed by atoms with Gasteiger partial charge in [-0.1, -0.05) is 0 Å². The predicted molar refractivity (Wildman–Crippen MR) is 98.6 cm³/mol. The molecule has 0 radical (unpaired) electrons. The molecule has 10 heteroatoms. The Balaban J connectivity index is 1.74. The molecule has 0 aliphatic carbocycles. The summed E-state index contributed by atoms with van der Waals surface area (Å²) in [6.07, 6.45) is 2.42. The van der Waals surface area contributed by atoms with Crippen molar-refractivity contribution in [1.82, 2.24) is 14.3 Å². The number of piperidine rings is 1. The zero-order valence-electron chi connectivity index (χ0n) is 15.7. The Morgan fingerprint density at radius 2 is 2.14 bits per heavy atom. The fraction of sp³-hybridized carbons (Fsp3) is 0.444. The number of rotatable bonds is 7. The van der Waals surface area contributed by atoms with Crippen molar-refractivity contribution in [2.75, 3.05) is 26.8 Å². The lowest BCUT2D eigenvalue weighted by Crippen LogP contribution is -2.44. The van der Waals surface area contributed by atoms with Crippen LogP contribution in [0.5, 0.6) is 17.6 Å². The molecule has 3 rings (SSSR count). The van der Waals surface area contributed by atoms with Crippen molar-refractivity contribution in [3.63, 3.8) is 0 Å². The van der Waals surface area contributed by atoms with Gasteiger partial charge in [0.05, 0.1) is 25.2 Å². The minimum atomic E-state index is -3.85. The van der Waals surface area contributed by atoms with Gasteiger partial charge >= 0.3 is 6.01 Å². The Bertz CT molecular complexity index is 925. The second-order valence-corrected chi connectivity index (χ2v) is 8.09. The molecule has 1 aromatic carbocycles. The van der Waals surface area contributed by atoms with E-state index in [4.69, 9.17) is 14.2 Å². The fourth-order valence-corrected chi connectivity index (χ4v) is 4.47. The summed E-state index contributed by atoms with van der Waals surface area (Å²) in [5.74, 6) is -0.372. The first-order chi connectivity index (χ1) is 13.4. The van der Waals surface area contributed by atoms with Crippen LogP contribution in [-0.4, -0.2) is 55.6 Å². The Morgan fingerprint density at radius 1 is 1.32 bits per heavy atom. The first-order valence-electron chi connectivity index (χ1n) is 8.90. The first-order valence-corrected chi connectivity index (χ1v) is 10.3. The molecule has 1 aromatic heterocycles. The molecule has 152 valence electrons. The summed E-state index contributed by atoms with van der Waals surface area (Å²) in [5.41, 5.74) is 0. The molecule has 28 heavy (non-hydrogen) atoms. The quantitative estimate of drug-likeness (QED) is 0.690. The normalized spacial score (nSPS) is 17.9. The molecule has 1 atom stereocenters. The van der Waals surface area contributed by atoms with Gasteiger partial charge in [-0.3, -0.25) is 0 Å².